The molecule has 0 bridgehead atoms. The molecule has 0 spiro atoms. The summed E-state index contributed by atoms with van der Waals surface area (Å²) in [7, 11) is 0. The molecule has 1 nitrogen and oxygen atoms in total. The summed E-state index contributed by atoms with van der Waals surface area (Å²) in [5, 5.41) is 0. The number of hydrogen-bond acceptors (Lipinski definition) is 1. The first kappa shape index (κ1) is 7.56. The molecule has 0 aromatic carbocycles. The van der Waals surface area contributed by atoms with Crippen LogP contribution in [0.4, 0.5) is 0 Å². The summed E-state index contributed by atoms with van der Waals surface area (Å²) in [5.74, 6) is 0. The Morgan fingerprint density at radius 2 is 2.09 bits per heavy atom. The van der Waals surface area contributed by atoms with E-state index >= 15 is 0 Å². The van der Waals surface area contributed by atoms with Crippen molar-refractivity contribution in [1.82, 2.24) is 0 Å². The minimum atomic E-state index is 0.00347. The van der Waals surface area contributed by atoms with E-state index in [1.54, 1.807) is 0 Å². The molecule has 0 N–H and O–H groups in total. The molecular formula is C9H11BrO. The van der Waals surface area contributed by atoms with Crippen molar-refractivity contribution in [1.29, 1.82) is 0 Å². The van der Waals surface area contributed by atoms with Crippen LogP contribution in [0.25, 0.3) is 0 Å². The number of rotatable bonds is 1. The molecular weight excluding hydrogens is 204 g/mol. The lowest BCUT2D eigenvalue weighted by Gasteiger charge is -2.24. The molecule has 1 heterocycles. The summed E-state index contributed by atoms with van der Waals surface area (Å²) in [6.07, 6.45) is 11.1. The fraction of sp³-hybridized carbons (Fsp3) is 0.556. The topological polar surface area (TPSA) is 9.23 Å². The molecule has 1 saturated heterocycles. The van der Waals surface area contributed by atoms with E-state index in [1.807, 2.05) is 0 Å². The van der Waals surface area contributed by atoms with E-state index in [1.165, 1.54) is 12.8 Å². The van der Waals surface area contributed by atoms with E-state index in [0.29, 0.717) is 6.10 Å². The molecule has 0 aromatic rings. The van der Waals surface area contributed by atoms with Crippen LogP contribution in [-0.2, 0) is 4.74 Å². The maximum atomic E-state index is 5.59. The van der Waals surface area contributed by atoms with Crippen LogP contribution in [0.15, 0.2) is 24.3 Å². The van der Waals surface area contributed by atoms with Gasteiger partial charge in [0.25, 0.3) is 0 Å². The summed E-state index contributed by atoms with van der Waals surface area (Å²) in [5.41, 5.74) is 0. The Balaban J connectivity index is 2.13. The fourth-order valence-corrected chi connectivity index (χ4v) is 2.27. The highest BCUT2D eigenvalue weighted by atomic mass is 79.9. The summed E-state index contributed by atoms with van der Waals surface area (Å²) >= 11 is 3.67. The first-order valence-electron chi connectivity index (χ1n) is 3.99. The molecule has 2 heteroatoms. The third kappa shape index (κ3) is 1.30. The van der Waals surface area contributed by atoms with Gasteiger partial charge in [0, 0.05) is 6.61 Å². The van der Waals surface area contributed by atoms with Gasteiger partial charge in [0.15, 0.2) is 0 Å². The largest absolute Gasteiger partial charge is 0.376 e. The Bertz CT molecular complexity index is 190. The van der Waals surface area contributed by atoms with Gasteiger partial charge in [-0.3, -0.25) is 0 Å². The number of allylic oxidation sites excluding steroid dienone is 2. The molecule has 1 unspecified atom stereocenters. The van der Waals surface area contributed by atoms with Gasteiger partial charge in [-0.25, -0.2) is 0 Å². The van der Waals surface area contributed by atoms with Crippen LogP contribution in [-0.4, -0.2) is 17.0 Å². The highest BCUT2D eigenvalue weighted by molar-refractivity contribution is 9.10. The van der Waals surface area contributed by atoms with Crippen molar-refractivity contribution in [2.24, 2.45) is 0 Å². The van der Waals surface area contributed by atoms with Gasteiger partial charge >= 0.3 is 0 Å². The highest BCUT2D eigenvalue weighted by Crippen LogP contribution is 2.36. The average molecular weight is 215 g/mol. The Kier molecular flexibility index (Phi) is 1.90. The van der Waals surface area contributed by atoms with Crippen molar-refractivity contribution in [3.8, 4) is 0 Å². The predicted molar refractivity (Wildman–Crippen MR) is 48.9 cm³/mol. The van der Waals surface area contributed by atoms with Gasteiger partial charge in [0.2, 0.25) is 0 Å². The van der Waals surface area contributed by atoms with E-state index in [-0.39, 0.29) is 4.32 Å². The monoisotopic (exact) mass is 214 g/mol. The summed E-state index contributed by atoms with van der Waals surface area (Å²) in [6.45, 7) is 0.916. The second-order valence-corrected chi connectivity index (χ2v) is 4.42. The molecule has 1 aliphatic carbocycles. The van der Waals surface area contributed by atoms with Gasteiger partial charge in [0.05, 0.1) is 10.4 Å². The Morgan fingerprint density at radius 3 is 2.64 bits per heavy atom. The quantitative estimate of drug-likeness (QED) is 0.610. The van der Waals surface area contributed by atoms with Crippen LogP contribution in [0.1, 0.15) is 12.8 Å². The van der Waals surface area contributed by atoms with E-state index in [0.717, 1.165) is 6.61 Å². The number of halogens is 1. The lowest BCUT2D eigenvalue weighted by molar-refractivity contribution is 0.104. The van der Waals surface area contributed by atoms with Gasteiger partial charge in [-0.05, 0) is 12.8 Å². The maximum absolute atomic E-state index is 5.59. The third-order valence-electron chi connectivity index (χ3n) is 2.24. The van der Waals surface area contributed by atoms with Crippen molar-refractivity contribution in [2.75, 3.05) is 6.61 Å². The molecule has 1 fully saturated rings. The predicted octanol–water partition coefficient (Wildman–Crippen LogP) is 2.43. The van der Waals surface area contributed by atoms with Crippen molar-refractivity contribution >= 4 is 15.9 Å². The lowest BCUT2D eigenvalue weighted by atomic mass is 10.0. The zero-order chi connectivity index (χ0) is 7.73. The average Bonchev–Trinajstić information content (AvgIpc) is 2.55. The van der Waals surface area contributed by atoms with Crippen LogP contribution < -0.4 is 0 Å². The van der Waals surface area contributed by atoms with E-state index in [2.05, 4.69) is 40.2 Å². The van der Waals surface area contributed by atoms with Crippen molar-refractivity contribution in [3.63, 3.8) is 0 Å². The van der Waals surface area contributed by atoms with Gasteiger partial charge in [-0.1, -0.05) is 40.2 Å². The van der Waals surface area contributed by atoms with Gasteiger partial charge in [-0.2, -0.15) is 0 Å². The molecule has 0 radical (unpaired) electrons. The molecule has 2 aliphatic rings. The zero-order valence-electron chi connectivity index (χ0n) is 6.29. The Morgan fingerprint density at radius 1 is 1.36 bits per heavy atom. The first-order chi connectivity index (χ1) is 5.31. The van der Waals surface area contributed by atoms with E-state index < -0.39 is 0 Å². The lowest BCUT2D eigenvalue weighted by Crippen LogP contribution is -2.30. The number of hydrogen-bond donors (Lipinski definition) is 0. The smallest absolute Gasteiger partial charge is 0.0884 e. The van der Waals surface area contributed by atoms with Gasteiger partial charge < -0.3 is 4.74 Å². The summed E-state index contributed by atoms with van der Waals surface area (Å²) in [6, 6.07) is 0. The second kappa shape index (κ2) is 2.76. The van der Waals surface area contributed by atoms with Crippen molar-refractivity contribution in [2.45, 2.75) is 23.3 Å². The van der Waals surface area contributed by atoms with Gasteiger partial charge in [-0.15, -0.1) is 0 Å². The van der Waals surface area contributed by atoms with Crippen LogP contribution in [0.2, 0.25) is 0 Å². The molecule has 1 aliphatic heterocycles. The molecule has 0 aromatic heterocycles. The SMILES string of the molecule is BrC1(C2CCCO2)C=CC=C1. The van der Waals surface area contributed by atoms with Crippen LogP contribution in [0.5, 0.6) is 0 Å². The number of ether oxygens (including phenoxy) is 1. The van der Waals surface area contributed by atoms with Gasteiger partial charge in [0.1, 0.15) is 0 Å². The molecule has 0 saturated carbocycles. The second-order valence-electron chi connectivity index (χ2n) is 3.05. The minimum absolute atomic E-state index is 0.00347. The van der Waals surface area contributed by atoms with E-state index in [4.69, 9.17) is 4.74 Å². The minimum Gasteiger partial charge on any atom is -0.376 e. The van der Waals surface area contributed by atoms with Crippen LogP contribution >= 0.6 is 15.9 Å². The van der Waals surface area contributed by atoms with E-state index in [9.17, 15) is 0 Å². The number of alkyl halides is 1. The van der Waals surface area contributed by atoms with Crippen molar-refractivity contribution < 1.29 is 4.74 Å². The Hall–Kier alpha value is -0.0800. The fourth-order valence-electron chi connectivity index (χ4n) is 1.60. The standard InChI is InChI=1S/C9H11BrO/c10-9(5-1-2-6-9)8-4-3-7-11-8/h1-2,5-6,8H,3-4,7H2. The molecule has 60 valence electrons. The highest BCUT2D eigenvalue weighted by Gasteiger charge is 2.35. The molecule has 11 heavy (non-hydrogen) atoms. The summed E-state index contributed by atoms with van der Waals surface area (Å²) < 4.78 is 5.59. The normalized spacial score (nSPS) is 33.4. The van der Waals surface area contributed by atoms with Crippen molar-refractivity contribution in [3.05, 3.63) is 24.3 Å². The Labute approximate surface area is 75.2 Å². The molecule has 1 atom stereocenters. The van der Waals surface area contributed by atoms with Crippen LogP contribution in [0, 0.1) is 0 Å². The molecule has 0 amide bonds. The third-order valence-corrected chi connectivity index (χ3v) is 3.28. The summed E-state index contributed by atoms with van der Waals surface area (Å²) in [4.78, 5) is 0. The zero-order valence-corrected chi connectivity index (χ0v) is 7.88. The first-order valence-corrected chi connectivity index (χ1v) is 4.78. The maximum Gasteiger partial charge on any atom is 0.0884 e. The molecule has 2 rings (SSSR count). The van der Waals surface area contributed by atoms with Crippen LogP contribution in [0.3, 0.4) is 0 Å².